The predicted octanol–water partition coefficient (Wildman–Crippen LogP) is 3.85. The first-order valence-electron chi connectivity index (χ1n) is 6.00. The van der Waals surface area contributed by atoms with Crippen molar-refractivity contribution in [3.05, 3.63) is 35.5 Å². The van der Waals surface area contributed by atoms with Gasteiger partial charge < -0.3 is 4.74 Å². The number of aromatic nitrogens is 3. The number of hydrogen-bond donors (Lipinski definition) is 0. The molecule has 2 aromatic heterocycles. The lowest BCUT2D eigenvalue weighted by molar-refractivity contribution is 0.218. The number of ether oxygens (including phenoxy) is 1. The van der Waals surface area contributed by atoms with Crippen LogP contribution in [0.3, 0.4) is 0 Å². The highest BCUT2D eigenvalue weighted by molar-refractivity contribution is 8.01. The van der Waals surface area contributed by atoms with Crippen LogP contribution < -0.4 is 0 Å². The molecule has 0 atom stereocenters. The third-order valence-electron chi connectivity index (χ3n) is 2.68. The van der Waals surface area contributed by atoms with Gasteiger partial charge in [-0.25, -0.2) is 9.50 Å². The van der Waals surface area contributed by atoms with E-state index in [4.69, 9.17) is 16.3 Å². The number of fused-ring (bicyclic) bond motifs is 1. The molecule has 0 unspecified atom stereocenters. The average molecular weight is 326 g/mol. The number of methoxy groups -OCH3 is 1. The van der Waals surface area contributed by atoms with Crippen molar-refractivity contribution in [2.24, 2.45) is 0 Å². The first-order chi connectivity index (χ1) is 9.76. The van der Waals surface area contributed by atoms with E-state index in [1.54, 1.807) is 30.2 Å². The van der Waals surface area contributed by atoms with Crippen molar-refractivity contribution >= 4 is 39.7 Å². The summed E-state index contributed by atoms with van der Waals surface area (Å²) in [7, 11) is 1.70. The van der Waals surface area contributed by atoms with Gasteiger partial charge in [-0.15, -0.1) is 5.10 Å². The highest BCUT2D eigenvalue weighted by Crippen LogP contribution is 2.27. The third-order valence-corrected chi connectivity index (χ3v) is 4.95. The number of thioether (sulfide) groups is 1. The monoisotopic (exact) mass is 325 g/mol. The van der Waals surface area contributed by atoms with Crippen molar-refractivity contribution in [3.8, 4) is 11.3 Å². The molecule has 0 saturated carbocycles. The van der Waals surface area contributed by atoms with Gasteiger partial charge in [0.1, 0.15) is 0 Å². The normalized spacial score (nSPS) is 11.3. The van der Waals surface area contributed by atoms with Crippen LogP contribution >= 0.6 is 34.7 Å². The molecule has 3 rings (SSSR count). The molecule has 0 aliphatic heterocycles. The van der Waals surface area contributed by atoms with E-state index in [0.29, 0.717) is 0 Å². The average Bonchev–Trinajstić information content (AvgIpc) is 2.98. The van der Waals surface area contributed by atoms with E-state index < -0.39 is 0 Å². The van der Waals surface area contributed by atoms with Crippen LogP contribution in [0.4, 0.5) is 0 Å². The van der Waals surface area contributed by atoms with E-state index in [2.05, 4.69) is 10.1 Å². The standard InChI is InChI=1S/C13H12ClN3OS2/c1-18-6-7-19-13-16-17-8-11(15-12(17)20-13)9-2-4-10(14)5-3-9/h2-5,8H,6-7H2,1H3. The maximum Gasteiger partial charge on any atom is 0.213 e. The molecule has 0 bridgehead atoms. The Balaban J connectivity index is 1.81. The molecule has 4 nitrogen and oxygen atoms in total. The smallest absolute Gasteiger partial charge is 0.213 e. The van der Waals surface area contributed by atoms with Gasteiger partial charge in [0.05, 0.1) is 18.5 Å². The van der Waals surface area contributed by atoms with E-state index in [-0.39, 0.29) is 0 Å². The van der Waals surface area contributed by atoms with Gasteiger partial charge in [-0.2, -0.15) is 0 Å². The summed E-state index contributed by atoms with van der Waals surface area (Å²) in [4.78, 5) is 5.49. The Morgan fingerprint density at radius 1 is 1.35 bits per heavy atom. The highest BCUT2D eigenvalue weighted by Gasteiger charge is 2.09. The summed E-state index contributed by atoms with van der Waals surface area (Å²) < 4.78 is 7.86. The van der Waals surface area contributed by atoms with Crippen molar-refractivity contribution in [1.29, 1.82) is 0 Å². The van der Waals surface area contributed by atoms with Crippen LogP contribution in [0.1, 0.15) is 0 Å². The number of benzene rings is 1. The Kier molecular flexibility index (Phi) is 4.26. The largest absolute Gasteiger partial charge is 0.384 e. The molecule has 2 heterocycles. The van der Waals surface area contributed by atoms with Crippen molar-refractivity contribution in [2.45, 2.75) is 4.34 Å². The molecule has 7 heteroatoms. The maximum absolute atomic E-state index is 5.89. The maximum atomic E-state index is 5.89. The number of rotatable bonds is 5. The minimum atomic E-state index is 0.725. The molecule has 0 aliphatic rings. The predicted molar refractivity (Wildman–Crippen MR) is 83.9 cm³/mol. The summed E-state index contributed by atoms with van der Waals surface area (Å²) in [5.74, 6) is 0.900. The van der Waals surface area contributed by atoms with Crippen LogP contribution in [-0.4, -0.2) is 34.1 Å². The Morgan fingerprint density at radius 3 is 2.85 bits per heavy atom. The fourth-order valence-corrected chi connectivity index (χ4v) is 3.73. The molecule has 0 amide bonds. The second-order valence-corrected chi connectivity index (χ2v) is 6.80. The van der Waals surface area contributed by atoms with Crippen molar-refractivity contribution in [1.82, 2.24) is 14.6 Å². The van der Waals surface area contributed by atoms with E-state index in [1.165, 1.54) is 0 Å². The second-order valence-electron chi connectivity index (χ2n) is 4.07. The van der Waals surface area contributed by atoms with E-state index >= 15 is 0 Å². The molecule has 3 aromatic rings. The van der Waals surface area contributed by atoms with Crippen LogP contribution in [0.2, 0.25) is 5.02 Å². The Labute approximate surface area is 129 Å². The Bertz CT molecular complexity index is 677. The Hall–Kier alpha value is -1.08. The number of hydrogen-bond acceptors (Lipinski definition) is 5. The van der Waals surface area contributed by atoms with Crippen molar-refractivity contribution in [3.63, 3.8) is 0 Å². The van der Waals surface area contributed by atoms with Crippen LogP contribution in [0.15, 0.2) is 34.8 Å². The second kappa shape index (κ2) is 6.13. The van der Waals surface area contributed by atoms with Gasteiger partial charge in [-0.3, -0.25) is 0 Å². The summed E-state index contributed by atoms with van der Waals surface area (Å²) in [5, 5.41) is 5.23. The van der Waals surface area contributed by atoms with Gasteiger partial charge >= 0.3 is 0 Å². The van der Waals surface area contributed by atoms with Crippen molar-refractivity contribution in [2.75, 3.05) is 19.5 Å². The molecule has 0 saturated heterocycles. The molecule has 0 aliphatic carbocycles. The van der Waals surface area contributed by atoms with Gasteiger partial charge in [-0.05, 0) is 12.1 Å². The quantitative estimate of drug-likeness (QED) is 0.527. The number of nitrogens with zero attached hydrogens (tertiary/aromatic N) is 3. The minimum absolute atomic E-state index is 0.725. The van der Waals surface area contributed by atoms with E-state index in [1.807, 2.05) is 35.0 Å². The van der Waals surface area contributed by atoms with Gasteiger partial charge in [0.25, 0.3) is 0 Å². The zero-order chi connectivity index (χ0) is 13.9. The molecule has 1 aromatic carbocycles. The van der Waals surface area contributed by atoms with Gasteiger partial charge in [0, 0.05) is 23.4 Å². The molecule has 0 fully saturated rings. The summed E-state index contributed by atoms with van der Waals surface area (Å²) in [6, 6.07) is 7.65. The van der Waals surface area contributed by atoms with Crippen molar-refractivity contribution < 1.29 is 4.74 Å². The van der Waals surface area contributed by atoms with Gasteiger partial charge in [-0.1, -0.05) is 46.8 Å². The summed E-state index contributed by atoms with van der Waals surface area (Å²) in [6.07, 6.45) is 1.94. The molecule has 20 heavy (non-hydrogen) atoms. The summed E-state index contributed by atoms with van der Waals surface area (Å²) >= 11 is 9.16. The molecule has 104 valence electrons. The summed E-state index contributed by atoms with van der Waals surface area (Å²) in [6.45, 7) is 0.725. The van der Waals surface area contributed by atoms with Crippen LogP contribution in [0.25, 0.3) is 16.2 Å². The zero-order valence-electron chi connectivity index (χ0n) is 10.7. The SMILES string of the molecule is COCCSc1nn2cc(-c3ccc(Cl)cc3)nc2s1. The number of imidazole rings is 1. The van der Waals surface area contributed by atoms with E-state index in [0.717, 1.165) is 37.9 Å². The first kappa shape index (κ1) is 13.9. The lowest BCUT2D eigenvalue weighted by Gasteiger charge is -1.96. The molecule has 0 spiro atoms. The number of halogens is 1. The fourth-order valence-electron chi connectivity index (χ4n) is 1.71. The first-order valence-corrected chi connectivity index (χ1v) is 8.18. The molecule has 0 radical (unpaired) electrons. The van der Waals surface area contributed by atoms with Crippen LogP contribution in [-0.2, 0) is 4.74 Å². The molecular formula is C13H12ClN3OS2. The Morgan fingerprint density at radius 2 is 2.15 bits per heavy atom. The lowest BCUT2D eigenvalue weighted by atomic mass is 10.2. The van der Waals surface area contributed by atoms with Gasteiger partial charge in [0.2, 0.25) is 4.96 Å². The summed E-state index contributed by atoms with van der Waals surface area (Å²) in [5.41, 5.74) is 1.95. The zero-order valence-corrected chi connectivity index (χ0v) is 13.1. The molecular weight excluding hydrogens is 314 g/mol. The third kappa shape index (κ3) is 2.98. The van der Waals surface area contributed by atoms with E-state index in [9.17, 15) is 0 Å². The lowest BCUT2D eigenvalue weighted by Crippen LogP contribution is -1.91. The minimum Gasteiger partial charge on any atom is -0.384 e. The highest BCUT2D eigenvalue weighted by atomic mass is 35.5. The van der Waals surface area contributed by atoms with Gasteiger partial charge in [0.15, 0.2) is 4.34 Å². The van der Waals surface area contributed by atoms with Crippen LogP contribution in [0.5, 0.6) is 0 Å². The topological polar surface area (TPSA) is 39.4 Å². The van der Waals surface area contributed by atoms with Crippen LogP contribution in [0, 0.1) is 0 Å². The fraction of sp³-hybridized carbons (Fsp3) is 0.231. The molecule has 0 N–H and O–H groups in total.